The zero-order valence-electron chi connectivity index (χ0n) is 11.9. The van der Waals surface area contributed by atoms with Crippen LogP contribution < -0.4 is 5.73 Å². The highest BCUT2D eigenvalue weighted by atomic mass is 16.2. The average molecular weight is 252 g/mol. The Morgan fingerprint density at radius 2 is 1.94 bits per heavy atom. The van der Waals surface area contributed by atoms with Crippen molar-refractivity contribution < 1.29 is 4.79 Å². The SMILES string of the molecule is CCC(C)[C@H](N)C(=O)N1CCC[C@H]2CCCC[C@H]21. The first kappa shape index (κ1) is 13.9. The van der Waals surface area contributed by atoms with E-state index in [1.807, 2.05) is 0 Å². The molecule has 1 aliphatic heterocycles. The quantitative estimate of drug-likeness (QED) is 0.839. The first-order valence-electron chi connectivity index (χ1n) is 7.71. The Bertz CT molecular complexity index is 290. The summed E-state index contributed by atoms with van der Waals surface area (Å²) >= 11 is 0. The van der Waals surface area contributed by atoms with Crippen LogP contribution in [0, 0.1) is 11.8 Å². The maximum absolute atomic E-state index is 12.6. The molecule has 104 valence electrons. The molecular weight excluding hydrogens is 224 g/mol. The fourth-order valence-electron chi connectivity index (χ4n) is 3.59. The van der Waals surface area contributed by atoms with Gasteiger partial charge in [0.25, 0.3) is 0 Å². The summed E-state index contributed by atoms with van der Waals surface area (Å²) in [6.07, 6.45) is 8.60. The molecular formula is C15H28N2O. The number of hydrogen-bond donors (Lipinski definition) is 1. The molecule has 2 aliphatic rings. The van der Waals surface area contributed by atoms with Gasteiger partial charge in [0.05, 0.1) is 6.04 Å². The van der Waals surface area contributed by atoms with Gasteiger partial charge in [0, 0.05) is 12.6 Å². The molecule has 2 N–H and O–H groups in total. The van der Waals surface area contributed by atoms with Crippen molar-refractivity contribution in [1.82, 2.24) is 4.90 Å². The summed E-state index contributed by atoms with van der Waals surface area (Å²) < 4.78 is 0. The van der Waals surface area contributed by atoms with Crippen LogP contribution in [-0.2, 0) is 4.79 Å². The first-order chi connectivity index (χ1) is 8.65. The minimum Gasteiger partial charge on any atom is -0.338 e. The molecule has 2 rings (SSSR count). The van der Waals surface area contributed by atoms with Crippen LogP contribution in [0.1, 0.15) is 58.8 Å². The Morgan fingerprint density at radius 3 is 2.67 bits per heavy atom. The molecule has 4 atom stereocenters. The van der Waals surface area contributed by atoms with Gasteiger partial charge in [-0.25, -0.2) is 0 Å². The number of nitrogens with zero attached hydrogens (tertiary/aromatic N) is 1. The summed E-state index contributed by atoms with van der Waals surface area (Å²) in [6.45, 7) is 5.13. The lowest BCUT2D eigenvalue weighted by atomic mass is 9.78. The van der Waals surface area contributed by atoms with Gasteiger partial charge in [0.15, 0.2) is 0 Å². The molecule has 0 radical (unpaired) electrons. The van der Waals surface area contributed by atoms with E-state index in [9.17, 15) is 4.79 Å². The van der Waals surface area contributed by atoms with Gasteiger partial charge in [-0.3, -0.25) is 4.79 Å². The molecule has 1 unspecified atom stereocenters. The van der Waals surface area contributed by atoms with Gasteiger partial charge >= 0.3 is 0 Å². The zero-order valence-corrected chi connectivity index (χ0v) is 11.9. The molecule has 1 saturated carbocycles. The Balaban J connectivity index is 2.03. The van der Waals surface area contributed by atoms with Crippen molar-refractivity contribution in [1.29, 1.82) is 0 Å². The summed E-state index contributed by atoms with van der Waals surface area (Å²) in [5.74, 6) is 1.25. The Hall–Kier alpha value is -0.570. The van der Waals surface area contributed by atoms with E-state index in [0.717, 1.165) is 18.9 Å². The van der Waals surface area contributed by atoms with Gasteiger partial charge in [0.1, 0.15) is 0 Å². The highest BCUT2D eigenvalue weighted by Gasteiger charge is 2.37. The third-order valence-corrected chi connectivity index (χ3v) is 5.07. The van der Waals surface area contributed by atoms with E-state index in [0.29, 0.717) is 12.0 Å². The van der Waals surface area contributed by atoms with Crippen molar-refractivity contribution in [2.45, 2.75) is 70.9 Å². The van der Waals surface area contributed by atoms with Crippen molar-refractivity contribution in [2.24, 2.45) is 17.6 Å². The zero-order chi connectivity index (χ0) is 13.1. The normalized spacial score (nSPS) is 31.6. The van der Waals surface area contributed by atoms with Gasteiger partial charge in [0.2, 0.25) is 5.91 Å². The largest absolute Gasteiger partial charge is 0.338 e. The van der Waals surface area contributed by atoms with Gasteiger partial charge < -0.3 is 10.6 Å². The van der Waals surface area contributed by atoms with Gasteiger partial charge in [-0.15, -0.1) is 0 Å². The monoisotopic (exact) mass is 252 g/mol. The lowest BCUT2D eigenvalue weighted by molar-refractivity contribution is -0.140. The predicted molar refractivity (Wildman–Crippen MR) is 74.1 cm³/mol. The summed E-state index contributed by atoms with van der Waals surface area (Å²) in [6, 6.07) is 0.200. The lowest BCUT2D eigenvalue weighted by Crippen LogP contribution is -2.55. The lowest BCUT2D eigenvalue weighted by Gasteiger charge is -2.45. The van der Waals surface area contributed by atoms with Crippen molar-refractivity contribution in [3.63, 3.8) is 0 Å². The van der Waals surface area contributed by atoms with Gasteiger partial charge in [-0.2, -0.15) is 0 Å². The number of nitrogens with two attached hydrogens (primary N) is 1. The molecule has 1 saturated heterocycles. The third kappa shape index (κ3) is 2.71. The molecule has 0 bridgehead atoms. The number of rotatable bonds is 3. The summed E-state index contributed by atoms with van der Waals surface area (Å²) in [4.78, 5) is 14.7. The predicted octanol–water partition coefficient (Wildman–Crippen LogP) is 2.54. The Morgan fingerprint density at radius 1 is 1.28 bits per heavy atom. The van der Waals surface area contributed by atoms with Crippen LogP contribution in [0.3, 0.4) is 0 Å². The summed E-state index contributed by atoms with van der Waals surface area (Å²) in [7, 11) is 0. The second-order valence-corrected chi connectivity index (χ2v) is 6.20. The minimum absolute atomic E-state index is 0.209. The number of carbonyl (C=O) groups excluding carboxylic acids is 1. The first-order valence-corrected chi connectivity index (χ1v) is 7.71. The van der Waals surface area contributed by atoms with Crippen molar-refractivity contribution in [2.75, 3.05) is 6.54 Å². The van der Waals surface area contributed by atoms with E-state index in [-0.39, 0.29) is 11.9 Å². The van der Waals surface area contributed by atoms with Crippen molar-refractivity contribution in [3.8, 4) is 0 Å². The molecule has 3 heteroatoms. The second kappa shape index (κ2) is 6.05. The maximum Gasteiger partial charge on any atom is 0.240 e. The maximum atomic E-state index is 12.6. The smallest absolute Gasteiger partial charge is 0.240 e. The highest BCUT2D eigenvalue weighted by molar-refractivity contribution is 5.82. The molecule has 0 aromatic rings. The molecule has 1 heterocycles. The third-order valence-electron chi connectivity index (χ3n) is 5.07. The Kier molecular flexibility index (Phi) is 4.66. The number of likely N-dealkylation sites (tertiary alicyclic amines) is 1. The number of piperidine rings is 1. The van der Waals surface area contributed by atoms with Crippen LogP contribution in [-0.4, -0.2) is 29.4 Å². The molecule has 3 nitrogen and oxygen atoms in total. The summed E-state index contributed by atoms with van der Waals surface area (Å²) in [5, 5.41) is 0. The molecule has 18 heavy (non-hydrogen) atoms. The fraction of sp³-hybridized carbons (Fsp3) is 0.933. The fourth-order valence-corrected chi connectivity index (χ4v) is 3.59. The molecule has 0 aromatic carbocycles. The average Bonchev–Trinajstić information content (AvgIpc) is 2.44. The standard InChI is InChI=1S/C15H28N2O/c1-3-11(2)14(16)15(18)17-10-6-8-12-7-4-5-9-13(12)17/h11-14H,3-10,16H2,1-2H3/t11?,12-,13-,14+/m1/s1. The van der Waals surface area contributed by atoms with E-state index in [1.54, 1.807) is 0 Å². The topological polar surface area (TPSA) is 46.3 Å². The number of carbonyl (C=O) groups is 1. The number of hydrogen-bond acceptors (Lipinski definition) is 2. The number of amides is 1. The van der Waals surface area contributed by atoms with E-state index < -0.39 is 0 Å². The summed E-state index contributed by atoms with van der Waals surface area (Å²) in [5.41, 5.74) is 6.13. The van der Waals surface area contributed by atoms with Crippen LogP contribution >= 0.6 is 0 Å². The second-order valence-electron chi connectivity index (χ2n) is 6.20. The molecule has 1 amide bonds. The molecule has 0 spiro atoms. The molecule has 0 aromatic heterocycles. The molecule has 1 aliphatic carbocycles. The van der Waals surface area contributed by atoms with Crippen LogP contribution in [0.15, 0.2) is 0 Å². The van der Waals surface area contributed by atoms with E-state index in [2.05, 4.69) is 18.7 Å². The van der Waals surface area contributed by atoms with Crippen LogP contribution in [0.25, 0.3) is 0 Å². The van der Waals surface area contributed by atoms with Crippen LogP contribution in [0.5, 0.6) is 0 Å². The van der Waals surface area contributed by atoms with Crippen LogP contribution in [0.2, 0.25) is 0 Å². The Labute approximate surface area is 111 Å². The van der Waals surface area contributed by atoms with Crippen molar-refractivity contribution >= 4 is 5.91 Å². The number of fused-ring (bicyclic) bond motifs is 1. The van der Waals surface area contributed by atoms with Crippen molar-refractivity contribution in [3.05, 3.63) is 0 Å². The van der Waals surface area contributed by atoms with Gasteiger partial charge in [-0.05, 0) is 37.5 Å². The minimum atomic E-state index is -0.296. The van der Waals surface area contributed by atoms with E-state index in [4.69, 9.17) is 5.73 Å². The van der Waals surface area contributed by atoms with Gasteiger partial charge in [-0.1, -0.05) is 33.1 Å². The highest BCUT2D eigenvalue weighted by Crippen LogP contribution is 2.35. The van der Waals surface area contributed by atoms with Crippen LogP contribution in [0.4, 0.5) is 0 Å². The van der Waals surface area contributed by atoms with E-state index in [1.165, 1.54) is 38.5 Å². The van der Waals surface area contributed by atoms with E-state index >= 15 is 0 Å². The molecule has 2 fully saturated rings.